The molecule has 2 rings (SSSR count). The number of para-hydroxylation sites is 1. The number of benzene rings is 1. The van der Waals surface area contributed by atoms with Crippen LogP contribution in [0, 0.1) is 12.8 Å². The monoisotopic (exact) mass is 338 g/mol. The first-order chi connectivity index (χ1) is 10.7. The molecule has 0 unspecified atom stereocenters. The first-order valence-corrected chi connectivity index (χ1v) is 9.91. The fourth-order valence-electron chi connectivity index (χ4n) is 2.70. The molecule has 1 aliphatic rings. The number of rotatable bonds is 7. The number of carbonyl (C=O) groups excluding carboxylic acids is 1. The van der Waals surface area contributed by atoms with Crippen LogP contribution in [0.25, 0.3) is 0 Å². The van der Waals surface area contributed by atoms with Crippen LogP contribution in [0.5, 0.6) is 0 Å². The third-order valence-electron chi connectivity index (χ3n) is 4.10. The Bertz CT molecular complexity index is 679. The number of hydrogen-bond acceptors (Lipinski definition) is 3. The van der Waals surface area contributed by atoms with Crippen molar-refractivity contribution >= 4 is 21.6 Å². The van der Waals surface area contributed by atoms with Crippen molar-refractivity contribution in [2.24, 2.45) is 5.92 Å². The lowest BCUT2D eigenvalue weighted by Crippen LogP contribution is -2.39. The normalized spacial score (nSPS) is 14.8. The van der Waals surface area contributed by atoms with Crippen LogP contribution in [-0.2, 0) is 14.8 Å². The maximum absolute atomic E-state index is 12.3. The molecule has 1 amide bonds. The Hall–Kier alpha value is -1.56. The zero-order valence-corrected chi connectivity index (χ0v) is 15.1. The SMILES string of the molecule is Cc1cccc(C(C)C)c1N(CCNC(=O)C1CC1)S(C)(=O)=O. The minimum absolute atomic E-state index is 0.0346. The summed E-state index contributed by atoms with van der Waals surface area (Å²) in [6, 6.07) is 5.83. The van der Waals surface area contributed by atoms with Gasteiger partial charge in [0.15, 0.2) is 0 Å². The highest BCUT2D eigenvalue weighted by Crippen LogP contribution is 2.32. The molecular weight excluding hydrogens is 312 g/mol. The average molecular weight is 338 g/mol. The molecule has 0 aliphatic heterocycles. The maximum Gasteiger partial charge on any atom is 0.232 e. The van der Waals surface area contributed by atoms with Gasteiger partial charge in [-0.15, -0.1) is 0 Å². The lowest BCUT2D eigenvalue weighted by Gasteiger charge is -2.28. The zero-order valence-electron chi connectivity index (χ0n) is 14.3. The zero-order chi connectivity index (χ0) is 17.2. The molecule has 1 saturated carbocycles. The van der Waals surface area contributed by atoms with E-state index in [4.69, 9.17) is 0 Å². The third-order valence-corrected chi connectivity index (χ3v) is 5.27. The van der Waals surface area contributed by atoms with Crippen molar-refractivity contribution in [1.82, 2.24) is 5.32 Å². The largest absolute Gasteiger partial charge is 0.354 e. The molecule has 1 fully saturated rings. The first kappa shape index (κ1) is 17.8. The summed E-state index contributed by atoms with van der Waals surface area (Å²) >= 11 is 0. The Morgan fingerprint density at radius 3 is 2.52 bits per heavy atom. The first-order valence-electron chi connectivity index (χ1n) is 8.06. The molecule has 1 aromatic carbocycles. The Balaban J connectivity index is 2.23. The van der Waals surface area contributed by atoms with Gasteiger partial charge in [0.1, 0.15) is 0 Å². The Labute approximate surface area is 139 Å². The number of amides is 1. The van der Waals surface area contributed by atoms with Crippen molar-refractivity contribution in [2.75, 3.05) is 23.7 Å². The number of hydrogen-bond donors (Lipinski definition) is 1. The summed E-state index contributed by atoms with van der Waals surface area (Å²) in [6.07, 6.45) is 3.10. The summed E-state index contributed by atoms with van der Waals surface area (Å²) in [4.78, 5) is 11.7. The van der Waals surface area contributed by atoms with Crippen molar-refractivity contribution in [1.29, 1.82) is 0 Å². The second kappa shape index (κ2) is 6.91. The van der Waals surface area contributed by atoms with Crippen LogP contribution in [0.1, 0.15) is 43.7 Å². The highest BCUT2D eigenvalue weighted by atomic mass is 32.2. The average Bonchev–Trinajstić information content (AvgIpc) is 3.27. The second-order valence-electron chi connectivity index (χ2n) is 6.57. The molecular formula is C17H26N2O3S. The van der Waals surface area contributed by atoms with Crippen molar-refractivity contribution < 1.29 is 13.2 Å². The standard InChI is InChI=1S/C17H26N2O3S/c1-12(2)15-7-5-6-13(3)16(15)19(23(4,21)22)11-10-18-17(20)14-8-9-14/h5-7,12,14H,8-11H2,1-4H3,(H,18,20). The second-order valence-corrected chi connectivity index (χ2v) is 8.47. The molecule has 1 N–H and O–H groups in total. The number of anilines is 1. The highest BCUT2D eigenvalue weighted by molar-refractivity contribution is 7.92. The van der Waals surface area contributed by atoms with Gasteiger partial charge in [0.2, 0.25) is 15.9 Å². The van der Waals surface area contributed by atoms with Crippen LogP contribution in [0.3, 0.4) is 0 Å². The summed E-state index contributed by atoms with van der Waals surface area (Å²) in [7, 11) is -3.42. The number of nitrogens with one attached hydrogen (secondary N) is 1. The summed E-state index contributed by atoms with van der Waals surface area (Å²) in [6.45, 7) is 6.60. The summed E-state index contributed by atoms with van der Waals surface area (Å²) in [5.41, 5.74) is 2.67. The van der Waals surface area contributed by atoms with Gasteiger partial charge in [-0.2, -0.15) is 0 Å². The van der Waals surface area contributed by atoms with Gasteiger partial charge in [-0.25, -0.2) is 8.42 Å². The smallest absolute Gasteiger partial charge is 0.232 e. The fourth-order valence-corrected chi connectivity index (χ4v) is 3.71. The number of sulfonamides is 1. The van der Waals surface area contributed by atoms with Crippen LogP contribution in [-0.4, -0.2) is 33.7 Å². The van der Waals surface area contributed by atoms with E-state index in [1.54, 1.807) is 0 Å². The fraction of sp³-hybridized carbons (Fsp3) is 0.588. The van der Waals surface area contributed by atoms with Crippen LogP contribution in [0.15, 0.2) is 18.2 Å². The summed E-state index contributed by atoms with van der Waals surface area (Å²) in [5, 5.41) is 2.84. The van der Waals surface area contributed by atoms with Crippen molar-refractivity contribution in [3.05, 3.63) is 29.3 Å². The molecule has 1 aromatic rings. The molecule has 23 heavy (non-hydrogen) atoms. The van der Waals surface area contributed by atoms with Gasteiger partial charge in [-0.05, 0) is 36.8 Å². The van der Waals surface area contributed by atoms with E-state index in [1.807, 2.05) is 39.0 Å². The van der Waals surface area contributed by atoms with Gasteiger partial charge in [0.25, 0.3) is 0 Å². The van der Waals surface area contributed by atoms with Crippen LogP contribution in [0.2, 0.25) is 0 Å². The van der Waals surface area contributed by atoms with E-state index in [2.05, 4.69) is 5.32 Å². The van der Waals surface area contributed by atoms with E-state index in [0.717, 1.165) is 29.7 Å². The van der Waals surface area contributed by atoms with E-state index in [0.29, 0.717) is 6.54 Å². The lowest BCUT2D eigenvalue weighted by atomic mass is 9.98. The predicted molar refractivity (Wildman–Crippen MR) is 93.2 cm³/mol. The summed E-state index contributed by atoms with van der Waals surface area (Å²) < 4.78 is 26.0. The summed E-state index contributed by atoms with van der Waals surface area (Å²) in [5.74, 6) is 0.383. The quantitative estimate of drug-likeness (QED) is 0.830. The maximum atomic E-state index is 12.3. The minimum Gasteiger partial charge on any atom is -0.354 e. The molecule has 5 nitrogen and oxygen atoms in total. The Morgan fingerprint density at radius 1 is 1.35 bits per heavy atom. The highest BCUT2D eigenvalue weighted by Gasteiger charge is 2.30. The van der Waals surface area contributed by atoms with Gasteiger partial charge >= 0.3 is 0 Å². The predicted octanol–water partition coefficient (Wildman–Crippen LogP) is 2.41. The molecule has 0 aromatic heterocycles. The van der Waals surface area contributed by atoms with Gasteiger partial charge in [0.05, 0.1) is 18.5 Å². The topological polar surface area (TPSA) is 66.5 Å². The number of nitrogens with zero attached hydrogens (tertiary/aromatic N) is 1. The van der Waals surface area contributed by atoms with Gasteiger partial charge in [0, 0.05) is 12.5 Å². The van der Waals surface area contributed by atoms with Gasteiger partial charge < -0.3 is 5.32 Å². The van der Waals surface area contributed by atoms with E-state index >= 15 is 0 Å². The molecule has 0 radical (unpaired) electrons. The third kappa shape index (κ3) is 4.47. The molecule has 6 heteroatoms. The van der Waals surface area contributed by atoms with E-state index in [1.165, 1.54) is 10.6 Å². The molecule has 0 saturated heterocycles. The van der Waals surface area contributed by atoms with E-state index in [9.17, 15) is 13.2 Å². The van der Waals surface area contributed by atoms with Gasteiger partial charge in [-0.3, -0.25) is 9.10 Å². The van der Waals surface area contributed by atoms with Gasteiger partial charge in [-0.1, -0.05) is 32.0 Å². The van der Waals surface area contributed by atoms with Crippen LogP contribution in [0.4, 0.5) is 5.69 Å². The Kier molecular flexibility index (Phi) is 5.34. The lowest BCUT2D eigenvalue weighted by molar-refractivity contribution is -0.122. The molecule has 1 aliphatic carbocycles. The minimum atomic E-state index is -3.42. The van der Waals surface area contributed by atoms with Crippen LogP contribution < -0.4 is 9.62 Å². The molecule has 0 bridgehead atoms. The number of aryl methyl sites for hydroxylation is 1. The van der Waals surface area contributed by atoms with E-state index in [-0.39, 0.29) is 24.3 Å². The molecule has 0 spiro atoms. The van der Waals surface area contributed by atoms with Crippen molar-refractivity contribution in [2.45, 2.75) is 39.5 Å². The van der Waals surface area contributed by atoms with Crippen LogP contribution >= 0.6 is 0 Å². The molecule has 128 valence electrons. The Morgan fingerprint density at radius 2 is 2.00 bits per heavy atom. The van der Waals surface area contributed by atoms with Crippen molar-refractivity contribution in [3.8, 4) is 0 Å². The van der Waals surface area contributed by atoms with E-state index < -0.39 is 10.0 Å². The number of carbonyl (C=O) groups is 1. The van der Waals surface area contributed by atoms with Crippen molar-refractivity contribution in [3.63, 3.8) is 0 Å². The molecule has 0 heterocycles. The molecule has 0 atom stereocenters.